The van der Waals surface area contributed by atoms with E-state index in [0.29, 0.717) is 30.1 Å². The molecule has 2 rings (SSSR count). The summed E-state index contributed by atoms with van der Waals surface area (Å²) < 4.78 is 5.37. The van der Waals surface area contributed by atoms with Gasteiger partial charge in [0.15, 0.2) is 5.76 Å². The first kappa shape index (κ1) is 16.6. The van der Waals surface area contributed by atoms with Crippen LogP contribution in [0.1, 0.15) is 73.1 Å². The first-order chi connectivity index (χ1) is 10.3. The van der Waals surface area contributed by atoms with E-state index >= 15 is 0 Å². The maximum Gasteiger partial charge on any atom is 0.339 e. The van der Waals surface area contributed by atoms with Crippen LogP contribution in [0.25, 0.3) is 0 Å². The Morgan fingerprint density at radius 2 is 2.00 bits per heavy atom. The Balaban J connectivity index is 1.91. The van der Waals surface area contributed by atoms with E-state index in [9.17, 15) is 9.59 Å². The molecule has 22 heavy (non-hydrogen) atoms. The van der Waals surface area contributed by atoms with Crippen molar-refractivity contribution in [1.82, 2.24) is 5.32 Å². The number of furan rings is 1. The highest BCUT2D eigenvalue weighted by molar-refractivity contribution is 5.96. The van der Waals surface area contributed by atoms with Crippen molar-refractivity contribution in [3.8, 4) is 0 Å². The number of carboxylic acids is 1. The van der Waals surface area contributed by atoms with Crippen LogP contribution in [0.5, 0.6) is 0 Å². The SMILES string of the molecule is CCc1oc(C(=O)NCC2CCC(C)(C)CC2)cc1C(=O)O. The van der Waals surface area contributed by atoms with Crippen LogP contribution >= 0.6 is 0 Å². The predicted molar refractivity (Wildman–Crippen MR) is 83.1 cm³/mol. The average molecular weight is 307 g/mol. The number of carboxylic acid groups (broad SMARTS) is 1. The minimum atomic E-state index is -1.06. The molecule has 0 unspecified atom stereocenters. The van der Waals surface area contributed by atoms with Crippen molar-refractivity contribution >= 4 is 11.9 Å². The van der Waals surface area contributed by atoms with Gasteiger partial charge in [0.05, 0.1) is 0 Å². The molecule has 1 amide bonds. The fourth-order valence-electron chi connectivity index (χ4n) is 2.97. The van der Waals surface area contributed by atoms with Crippen molar-refractivity contribution in [2.45, 2.75) is 52.9 Å². The molecule has 1 heterocycles. The van der Waals surface area contributed by atoms with Crippen LogP contribution in [-0.2, 0) is 6.42 Å². The molecule has 2 N–H and O–H groups in total. The van der Waals surface area contributed by atoms with Crippen molar-refractivity contribution in [3.63, 3.8) is 0 Å². The monoisotopic (exact) mass is 307 g/mol. The number of carbonyl (C=O) groups excluding carboxylic acids is 1. The second-order valence-electron chi connectivity index (χ2n) is 6.92. The zero-order chi connectivity index (χ0) is 16.3. The normalized spacial score (nSPS) is 18.1. The molecule has 1 saturated carbocycles. The maximum absolute atomic E-state index is 12.1. The summed E-state index contributed by atoms with van der Waals surface area (Å²) in [7, 11) is 0. The van der Waals surface area contributed by atoms with Gasteiger partial charge >= 0.3 is 5.97 Å². The molecule has 0 saturated heterocycles. The lowest BCUT2D eigenvalue weighted by molar-refractivity contribution is 0.0694. The van der Waals surface area contributed by atoms with Crippen molar-refractivity contribution < 1.29 is 19.1 Å². The molecule has 122 valence electrons. The van der Waals surface area contributed by atoms with Gasteiger partial charge in [-0.1, -0.05) is 20.8 Å². The van der Waals surface area contributed by atoms with Gasteiger partial charge in [-0.05, 0) is 37.0 Å². The summed E-state index contributed by atoms with van der Waals surface area (Å²) in [6.07, 6.45) is 5.04. The van der Waals surface area contributed by atoms with Crippen molar-refractivity contribution in [3.05, 3.63) is 23.2 Å². The molecule has 5 nitrogen and oxygen atoms in total. The Morgan fingerprint density at radius 3 is 2.50 bits per heavy atom. The summed E-state index contributed by atoms with van der Waals surface area (Å²) in [6, 6.07) is 1.32. The standard InChI is InChI=1S/C17H25NO4/c1-4-13-12(16(20)21)9-14(22-13)15(19)18-10-11-5-7-17(2,3)8-6-11/h9,11H,4-8,10H2,1-3H3,(H,18,19)(H,20,21). The van der Waals surface area contributed by atoms with Gasteiger partial charge in [0.2, 0.25) is 0 Å². The molecule has 5 heteroatoms. The summed E-state index contributed by atoms with van der Waals surface area (Å²) in [6.45, 7) is 6.99. The van der Waals surface area contributed by atoms with E-state index in [1.807, 2.05) is 0 Å². The molecule has 1 fully saturated rings. The van der Waals surface area contributed by atoms with Crippen LogP contribution in [0, 0.1) is 11.3 Å². The molecule has 0 spiro atoms. The molecule has 0 radical (unpaired) electrons. The van der Waals surface area contributed by atoms with E-state index in [0.717, 1.165) is 12.8 Å². The third-order valence-corrected chi connectivity index (χ3v) is 4.59. The van der Waals surface area contributed by atoms with Gasteiger partial charge in [-0.25, -0.2) is 4.79 Å². The van der Waals surface area contributed by atoms with Crippen LogP contribution in [0.15, 0.2) is 10.5 Å². The molecule has 1 aliphatic rings. The average Bonchev–Trinajstić information content (AvgIpc) is 2.90. The van der Waals surface area contributed by atoms with E-state index in [1.165, 1.54) is 18.9 Å². The summed E-state index contributed by atoms with van der Waals surface area (Å²) in [4.78, 5) is 23.2. The topological polar surface area (TPSA) is 79.5 Å². The lowest BCUT2D eigenvalue weighted by Gasteiger charge is -2.34. The molecule has 1 aliphatic carbocycles. The molecule has 1 aromatic rings. The van der Waals surface area contributed by atoms with Crippen molar-refractivity contribution in [2.24, 2.45) is 11.3 Å². The van der Waals surface area contributed by atoms with Crippen LogP contribution in [-0.4, -0.2) is 23.5 Å². The second kappa shape index (κ2) is 6.55. The third-order valence-electron chi connectivity index (χ3n) is 4.59. The van der Waals surface area contributed by atoms with Crippen molar-refractivity contribution in [1.29, 1.82) is 0 Å². The maximum atomic E-state index is 12.1. The largest absolute Gasteiger partial charge is 0.478 e. The minimum Gasteiger partial charge on any atom is -0.478 e. The van der Waals surface area contributed by atoms with Crippen LogP contribution in [0.4, 0.5) is 0 Å². The van der Waals surface area contributed by atoms with Crippen LogP contribution in [0.2, 0.25) is 0 Å². The van der Waals surface area contributed by atoms with E-state index in [2.05, 4.69) is 19.2 Å². The van der Waals surface area contributed by atoms with Gasteiger partial charge in [-0.3, -0.25) is 4.79 Å². The lowest BCUT2D eigenvalue weighted by Crippen LogP contribution is -2.32. The number of aromatic carboxylic acids is 1. The van der Waals surface area contributed by atoms with Gasteiger partial charge in [0.1, 0.15) is 11.3 Å². The summed E-state index contributed by atoms with van der Waals surface area (Å²) in [5.74, 6) is -0.458. The Hall–Kier alpha value is -1.78. The second-order valence-corrected chi connectivity index (χ2v) is 6.92. The molecule has 0 atom stereocenters. The number of hydrogen-bond donors (Lipinski definition) is 2. The van der Waals surface area contributed by atoms with E-state index < -0.39 is 5.97 Å². The quantitative estimate of drug-likeness (QED) is 0.872. The Kier molecular flexibility index (Phi) is 4.94. The fourth-order valence-corrected chi connectivity index (χ4v) is 2.97. The number of aryl methyl sites for hydroxylation is 1. The molecule has 0 aliphatic heterocycles. The number of nitrogens with one attached hydrogen (secondary N) is 1. The van der Waals surface area contributed by atoms with E-state index in [-0.39, 0.29) is 17.2 Å². The summed E-state index contributed by atoms with van der Waals surface area (Å²) in [5, 5.41) is 12.0. The van der Waals surface area contributed by atoms with Crippen LogP contribution in [0.3, 0.4) is 0 Å². The fraction of sp³-hybridized carbons (Fsp3) is 0.647. The third kappa shape index (κ3) is 3.90. The van der Waals surface area contributed by atoms with Gasteiger partial charge in [0, 0.05) is 19.0 Å². The van der Waals surface area contributed by atoms with Gasteiger partial charge in [-0.15, -0.1) is 0 Å². The van der Waals surface area contributed by atoms with Gasteiger partial charge < -0.3 is 14.8 Å². The molecular formula is C17H25NO4. The van der Waals surface area contributed by atoms with Gasteiger partial charge in [-0.2, -0.15) is 0 Å². The zero-order valence-corrected chi connectivity index (χ0v) is 13.6. The minimum absolute atomic E-state index is 0.0760. The highest BCUT2D eigenvalue weighted by Crippen LogP contribution is 2.37. The number of amides is 1. The highest BCUT2D eigenvalue weighted by Gasteiger charge is 2.27. The number of carbonyl (C=O) groups is 2. The van der Waals surface area contributed by atoms with Crippen molar-refractivity contribution in [2.75, 3.05) is 6.54 Å². The molecule has 0 aromatic carbocycles. The molecule has 1 aromatic heterocycles. The summed E-state index contributed by atoms with van der Waals surface area (Å²) >= 11 is 0. The van der Waals surface area contributed by atoms with E-state index in [4.69, 9.17) is 9.52 Å². The zero-order valence-electron chi connectivity index (χ0n) is 13.6. The Bertz CT molecular complexity index is 549. The van der Waals surface area contributed by atoms with E-state index in [1.54, 1.807) is 6.92 Å². The number of rotatable bonds is 5. The first-order valence-corrected chi connectivity index (χ1v) is 7.96. The van der Waals surface area contributed by atoms with Gasteiger partial charge in [0.25, 0.3) is 5.91 Å². The Morgan fingerprint density at radius 1 is 1.36 bits per heavy atom. The predicted octanol–water partition coefficient (Wildman–Crippen LogP) is 3.49. The molecular weight excluding hydrogens is 282 g/mol. The highest BCUT2D eigenvalue weighted by atomic mass is 16.4. The Labute approximate surface area is 131 Å². The van der Waals surface area contributed by atoms with Crippen LogP contribution < -0.4 is 5.32 Å². The summed E-state index contributed by atoms with van der Waals surface area (Å²) in [5.41, 5.74) is 0.487. The smallest absolute Gasteiger partial charge is 0.339 e. The lowest BCUT2D eigenvalue weighted by atomic mass is 9.73. The first-order valence-electron chi connectivity index (χ1n) is 7.96. The molecule has 0 bridgehead atoms. The number of hydrogen-bond acceptors (Lipinski definition) is 3.